The van der Waals surface area contributed by atoms with Crippen molar-refractivity contribution in [1.82, 2.24) is 29.8 Å². The van der Waals surface area contributed by atoms with Crippen LogP contribution in [0.2, 0.25) is 5.02 Å². The Morgan fingerprint density at radius 3 is 2.61 bits per heavy atom. The quantitative estimate of drug-likeness (QED) is 0.487. The van der Waals surface area contributed by atoms with Crippen molar-refractivity contribution < 1.29 is 18.3 Å². The molecule has 0 saturated carbocycles. The van der Waals surface area contributed by atoms with Gasteiger partial charge < -0.3 is 5.11 Å². The van der Waals surface area contributed by atoms with Crippen LogP contribution >= 0.6 is 11.6 Å². The van der Waals surface area contributed by atoms with Crippen LogP contribution < -0.4 is 0 Å². The standard InChI is InChI=1S/C20H16ClF3N6O/c1-12(18-8-30(28-27-18)19-5-2-13(21)6-17(19)24)20(31,9-29-11-25-10-26-29)15-4-3-14(22)7-16(15)23/h2-8,10-12,31H,9H2,1H3. The van der Waals surface area contributed by atoms with Gasteiger partial charge in [0.25, 0.3) is 0 Å². The molecule has 7 nitrogen and oxygen atoms in total. The minimum Gasteiger partial charge on any atom is -0.382 e. The fourth-order valence-electron chi connectivity index (χ4n) is 3.36. The van der Waals surface area contributed by atoms with Gasteiger partial charge in [-0.3, -0.25) is 0 Å². The largest absolute Gasteiger partial charge is 0.382 e. The molecule has 2 aromatic carbocycles. The molecular weight excluding hydrogens is 433 g/mol. The molecule has 4 aromatic rings. The van der Waals surface area contributed by atoms with Gasteiger partial charge in [-0.25, -0.2) is 27.5 Å². The van der Waals surface area contributed by atoms with Gasteiger partial charge in [0.15, 0.2) is 0 Å². The molecule has 2 aromatic heterocycles. The zero-order valence-corrected chi connectivity index (χ0v) is 16.9. The summed E-state index contributed by atoms with van der Waals surface area (Å²) in [4.78, 5) is 3.83. The van der Waals surface area contributed by atoms with Crippen LogP contribution in [0.25, 0.3) is 5.69 Å². The lowest BCUT2D eigenvalue weighted by molar-refractivity contribution is -0.0123. The molecule has 0 fully saturated rings. The zero-order chi connectivity index (χ0) is 22.2. The highest BCUT2D eigenvalue weighted by Gasteiger charge is 2.41. The van der Waals surface area contributed by atoms with Crippen LogP contribution in [0.3, 0.4) is 0 Å². The number of aliphatic hydroxyl groups is 1. The van der Waals surface area contributed by atoms with E-state index in [-0.39, 0.29) is 28.5 Å². The molecule has 4 rings (SSSR count). The molecule has 0 aliphatic rings. The molecule has 0 amide bonds. The molecule has 0 aliphatic heterocycles. The second-order valence-electron chi connectivity index (χ2n) is 7.05. The van der Waals surface area contributed by atoms with E-state index < -0.39 is 29.0 Å². The highest BCUT2D eigenvalue weighted by atomic mass is 35.5. The van der Waals surface area contributed by atoms with Crippen molar-refractivity contribution >= 4 is 11.6 Å². The normalized spacial score (nSPS) is 14.4. The van der Waals surface area contributed by atoms with Crippen LogP contribution in [-0.4, -0.2) is 34.9 Å². The lowest BCUT2D eigenvalue weighted by Gasteiger charge is -2.33. The van der Waals surface area contributed by atoms with E-state index in [1.807, 2.05) is 0 Å². The van der Waals surface area contributed by atoms with E-state index in [0.29, 0.717) is 6.07 Å². The fraction of sp³-hybridized carbons (Fsp3) is 0.200. The first-order valence-electron chi connectivity index (χ1n) is 9.16. The molecule has 2 atom stereocenters. The molecule has 0 spiro atoms. The minimum absolute atomic E-state index is 0.100. The third kappa shape index (κ3) is 4.04. The highest BCUT2D eigenvalue weighted by Crippen LogP contribution is 2.39. The monoisotopic (exact) mass is 448 g/mol. The lowest BCUT2D eigenvalue weighted by atomic mass is 9.80. The van der Waals surface area contributed by atoms with Crippen molar-refractivity contribution in [3.05, 3.63) is 89.0 Å². The fourth-order valence-corrected chi connectivity index (χ4v) is 3.52. The summed E-state index contributed by atoms with van der Waals surface area (Å²) in [5.41, 5.74) is -1.70. The second kappa shape index (κ2) is 8.12. The van der Waals surface area contributed by atoms with Crippen molar-refractivity contribution in [2.24, 2.45) is 0 Å². The maximum absolute atomic E-state index is 14.7. The predicted molar refractivity (Wildman–Crippen MR) is 105 cm³/mol. The third-order valence-electron chi connectivity index (χ3n) is 5.09. The van der Waals surface area contributed by atoms with E-state index >= 15 is 0 Å². The average molecular weight is 449 g/mol. The molecular formula is C20H16ClF3N6O. The number of benzene rings is 2. The van der Waals surface area contributed by atoms with E-state index in [4.69, 9.17) is 11.6 Å². The highest BCUT2D eigenvalue weighted by molar-refractivity contribution is 6.30. The number of hydrogen-bond donors (Lipinski definition) is 1. The van der Waals surface area contributed by atoms with Crippen LogP contribution in [-0.2, 0) is 12.1 Å². The molecule has 31 heavy (non-hydrogen) atoms. The number of hydrogen-bond acceptors (Lipinski definition) is 5. The van der Waals surface area contributed by atoms with Gasteiger partial charge in [0.1, 0.15) is 41.4 Å². The number of halogens is 4. The maximum Gasteiger partial charge on any atom is 0.150 e. The Kier molecular flexibility index (Phi) is 5.50. The van der Waals surface area contributed by atoms with Gasteiger partial charge in [-0.1, -0.05) is 29.8 Å². The van der Waals surface area contributed by atoms with Gasteiger partial charge in [0.05, 0.1) is 18.4 Å². The molecule has 11 heteroatoms. The summed E-state index contributed by atoms with van der Waals surface area (Å²) in [6.07, 6.45) is 4.05. The first kappa shape index (κ1) is 21.0. The van der Waals surface area contributed by atoms with Crippen molar-refractivity contribution in [3.63, 3.8) is 0 Å². The summed E-state index contributed by atoms with van der Waals surface area (Å²) in [7, 11) is 0. The first-order chi connectivity index (χ1) is 14.8. The van der Waals surface area contributed by atoms with Crippen LogP contribution in [0.4, 0.5) is 13.2 Å². The molecule has 0 radical (unpaired) electrons. The maximum atomic E-state index is 14.7. The molecule has 0 bridgehead atoms. The molecule has 0 saturated heterocycles. The summed E-state index contributed by atoms with van der Waals surface area (Å²) >= 11 is 5.79. The SMILES string of the molecule is CC(c1cn(-c2ccc(Cl)cc2F)nn1)C(O)(Cn1cncn1)c1ccc(F)cc1F. The van der Waals surface area contributed by atoms with Gasteiger partial charge >= 0.3 is 0 Å². The Morgan fingerprint density at radius 2 is 1.94 bits per heavy atom. The minimum atomic E-state index is -1.90. The van der Waals surface area contributed by atoms with Gasteiger partial charge in [-0.15, -0.1) is 5.10 Å². The Hall–Kier alpha value is -3.24. The molecule has 160 valence electrons. The number of nitrogens with zero attached hydrogens (tertiary/aromatic N) is 6. The van der Waals surface area contributed by atoms with E-state index in [9.17, 15) is 18.3 Å². The lowest BCUT2D eigenvalue weighted by Crippen LogP contribution is -2.38. The van der Waals surface area contributed by atoms with E-state index in [2.05, 4.69) is 20.4 Å². The van der Waals surface area contributed by atoms with E-state index in [0.717, 1.165) is 12.1 Å². The molecule has 0 aliphatic carbocycles. The molecule has 2 unspecified atom stereocenters. The number of rotatable bonds is 6. The summed E-state index contributed by atoms with van der Waals surface area (Å²) in [5, 5.41) is 23.8. The Morgan fingerprint density at radius 1 is 1.13 bits per heavy atom. The number of aromatic nitrogens is 6. The topological polar surface area (TPSA) is 81.6 Å². The summed E-state index contributed by atoms with van der Waals surface area (Å²) < 4.78 is 44.9. The van der Waals surface area contributed by atoms with E-state index in [1.165, 1.54) is 46.4 Å². The van der Waals surface area contributed by atoms with Gasteiger partial charge in [-0.2, -0.15) is 5.10 Å². The van der Waals surface area contributed by atoms with Crippen LogP contribution in [0.1, 0.15) is 24.1 Å². The second-order valence-corrected chi connectivity index (χ2v) is 7.48. The smallest absolute Gasteiger partial charge is 0.150 e. The Bertz CT molecular complexity index is 1220. The summed E-state index contributed by atoms with van der Waals surface area (Å²) in [6.45, 7) is 1.41. The Labute approximate surface area is 179 Å². The first-order valence-corrected chi connectivity index (χ1v) is 9.53. The van der Waals surface area contributed by atoms with Crippen molar-refractivity contribution in [1.29, 1.82) is 0 Å². The van der Waals surface area contributed by atoms with Crippen molar-refractivity contribution in [2.75, 3.05) is 0 Å². The van der Waals surface area contributed by atoms with Gasteiger partial charge in [0.2, 0.25) is 0 Å². The van der Waals surface area contributed by atoms with Gasteiger partial charge in [-0.05, 0) is 24.3 Å². The van der Waals surface area contributed by atoms with Crippen molar-refractivity contribution in [2.45, 2.75) is 25.0 Å². The predicted octanol–water partition coefficient (Wildman–Crippen LogP) is 3.62. The van der Waals surface area contributed by atoms with Crippen LogP contribution in [0, 0.1) is 17.5 Å². The molecule has 2 heterocycles. The summed E-state index contributed by atoms with van der Waals surface area (Å²) in [6, 6.07) is 6.98. The Balaban J connectivity index is 1.76. The van der Waals surface area contributed by atoms with Crippen LogP contribution in [0.5, 0.6) is 0 Å². The van der Waals surface area contributed by atoms with Crippen molar-refractivity contribution in [3.8, 4) is 5.69 Å². The molecule has 1 N–H and O–H groups in total. The third-order valence-corrected chi connectivity index (χ3v) is 5.33. The summed E-state index contributed by atoms with van der Waals surface area (Å²) in [5.74, 6) is -3.16. The zero-order valence-electron chi connectivity index (χ0n) is 16.1. The average Bonchev–Trinajstić information content (AvgIpc) is 3.39. The van der Waals surface area contributed by atoms with Crippen LogP contribution in [0.15, 0.2) is 55.2 Å². The van der Waals surface area contributed by atoms with Gasteiger partial charge in [0, 0.05) is 22.6 Å². The van der Waals surface area contributed by atoms with E-state index in [1.54, 1.807) is 6.92 Å².